The van der Waals surface area contributed by atoms with Gasteiger partial charge in [-0.2, -0.15) is 9.61 Å². The van der Waals surface area contributed by atoms with E-state index in [1.54, 1.807) is 30.9 Å². The molecule has 126 valence electrons. The largest absolute Gasteiger partial charge is 0.493 e. The zero-order chi connectivity index (χ0) is 17.4. The van der Waals surface area contributed by atoms with Crippen LogP contribution in [0.2, 0.25) is 0 Å². The lowest BCUT2D eigenvalue weighted by atomic mass is 10.2. The standard InChI is InChI=1S/C17H13FN4O2S/c1-23-13-8-5-11(9-14(13)24-2)15-19-20-17-22(15)21-16(25-17)10-3-6-12(18)7-4-10/h3-9H,1-2H3. The first-order valence-electron chi connectivity index (χ1n) is 7.40. The molecular formula is C17H13FN4O2S. The number of aromatic nitrogens is 4. The second-order valence-electron chi connectivity index (χ2n) is 5.20. The van der Waals surface area contributed by atoms with Crippen LogP contribution in [0.3, 0.4) is 0 Å². The molecule has 6 nitrogen and oxygen atoms in total. The van der Waals surface area contributed by atoms with Crippen molar-refractivity contribution in [2.24, 2.45) is 0 Å². The summed E-state index contributed by atoms with van der Waals surface area (Å²) in [6.45, 7) is 0. The van der Waals surface area contributed by atoms with E-state index in [1.807, 2.05) is 18.2 Å². The van der Waals surface area contributed by atoms with Gasteiger partial charge in [0.2, 0.25) is 4.96 Å². The topological polar surface area (TPSA) is 61.5 Å². The van der Waals surface area contributed by atoms with Crippen molar-refractivity contribution in [3.8, 4) is 33.5 Å². The van der Waals surface area contributed by atoms with Crippen molar-refractivity contribution < 1.29 is 13.9 Å². The predicted molar refractivity (Wildman–Crippen MR) is 92.6 cm³/mol. The summed E-state index contributed by atoms with van der Waals surface area (Å²) in [5.74, 6) is 1.56. The van der Waals surface area contributed by atoms with Crippen molar-refractivity contribution >= 4 is 16.3 Å². The highest BCUT2D eigenvalue weighted by Gasteiger charge is 2.16. The van der Waals surface area contributed by atoms with Crippen molar-refractivity contribution in [3.05, 3.63) is 48.3 Å². The van der Waals surface area contributed by atoms with Crippen molar-refractivity contribution in [3.63, 3.8) is 0 Å². The molecule has 4 aromatic rings. The van der Waals surface area contributed by atoms with E-state index >= 15 is 0 Å². The van der Waals surface area contributed by atoms with Gasteiger partial charge < -0.3 is 9.47 Å². The number of rotatable bonds is 4. The fraction of sp³-hybridized carbons (Fsp3) is 0.118. The Kier molecular flexibility index (Phi) is 3.81. The molecule has 0 fully saturated rings. The fourth-order valence-electron chi connectivity index (χ4n) is 2.48. The predicted octanol–water partition coefficient (Wildman–Crippen LogP) is 3.68. The molecule has 0 aliphatic rings. The van der Waals surface area contributed by atoms with Crippen LogP contribution in [0.15, 0.2) is 42.5 Å². The van der Waals surface area contributed by atoms with E-state index in [0.717, 1.165) is 16.1 Å². The fourth-order valence-corrected chi connectivity index (χ4v) is 3.33. The maximum Gasteiger partial charge on any atom is 0.235 e. The van der Waals surface area contributed by atoms with Gasteiger partial charge >= 0.3 is 0 Å². The molecule has 0 radical (unpaired) electrons. The minimum absolute atomic E-state index is 0.280. The molecule has 8 heteroatoms. The highest BCUT2D eigenvalue weighted by atomic mass is 32.1. The highest BCUT2D eigenvalue weighted by Crippen LogP contribution is 2.33. The van der Waals surface area contributed by atoms with Crippen molar-refractivity contribution in [2.75, 3.05) is 14.2 Å². The summed E-state index contributed by atoms with van der Waals surface area (Å²) in [4.78, 5) is 0.657. The molecule has 0 amide bonds. The first-order chi connectivity index (χ1) is 12.2. The van der Waals surface area contributed by atoms with Crippen molar-refractivity contribution in [2.45, 2.75) is 0 Å². The molecule has 0 aliphatic heterocycles. The Bertz CT molecular complexity index is 1040. The molecular weight excluding hydrogens is 343 g/mol. The quantitative estimate of drug-likeness (QED) is 0.558. The molecule has 0 bridgehead atoms. The number of benzene rings is 2. The Hall–Kier alpha value is -3.00. The van der Waals surface area contributed by atoms with Gasteiger partial charge in [0, 0.05) is 11.1 Å². The molecule has 0 N–H and O–H groups in total. The van der Waals surface area contributed by atoms with Crippen LogP contribution in [-0.4, -0.2) is 34.0 Å². The first-order valence-corrected chi connectivity index (χ1v) is 8.22. The summed E-state index contributed by atoms with van der Waals surface area (Å²) in [7, 11) is 3.17. The third-order valence-electron chi connectivity index (χ3n) is 3.72. The molecule has 0 atom stereocenters. The highest BCUT2D eigenvalue weighted by molar-refractivity contribution is 7.19. The summed E-state index contributed by atoms with van der Waals surface area (Å²) in [6.07, 6.45) is 0. The summed E-state index contributed by atoms with van der Waals surface area (Å²) in [5, 5.41) is 13.7. The van der Waals surface area contributed by atoms with Gasteiger partial charge in [-0.05, 0) is 42.5 Å². The third-order valence-corrected chi connectivity index (χ3v) is 4.67. The Morgan fingerprint density at radius 3 is 2.36 bits per heavy atom. The monoisotopic (exact) mass is 356 g/mol. The van der Waals surface area contributed by atoms with Gasteiger partial charge in [0.15, 0.2) is 17.3 Å². The zero-order valence-corrected chi connectivity index (χ0v) is 14.2. The molecule has 0 spiro atoms. The van der Waals surface area contributed by atoms with Gasteiger partial charge in [0.05, 0.1) is 14.2 Å². The molecule has 25 heavy (non-hydrogen) atoms. The molecule has 2 aromatic heterocycles. The van der Waals surface area contributed by atoms with E-state index in [4.69, 9.17) is 9.47 Å². The number of methoxy groups -OCH3 is 2. The second-order valence-corrected chi connectivity index (χ2v) is 6.16. The number of halogens is 1. The summed E-state index contributed by atoms with van der Waals surface area (Å²) >= 11 is 1.39. The normalized spacial score (nSPS) is 11.0. The lowest BCUT2D eigenvalue weighted by Crippen LogP contribution is -1.94. The molecule has 2 heterocycles. The SMILES string of the molecule is COc1ccc(-c2nnc3sc(-c4ccc(F)cc4)nn23)cc1OC. The van der Waals surface area contributed by atoms with Crippen LogP contribution < -0.4 is 9.47 Å². The number of fused-ring (bicyclic) bond motifs is 1. The van der Waals surface area contributed by atoms with Crippen LogP contribution in [0, 0.1) is 5.82 Å². The van der Waals surface area contributed by atoms with E-state index in [-0.39, 0.29) is 5.82 Å². The van der Waals surface area contributed by atoms with Crippen LogP contribution >= 0.6 is 11.3 Å². The van der Waals surface area contributed by atoms with Gasteiger partial charge in [-0.15, -0.1) is 10.2 Å². The van der Waals surface area contributed by atoms with Crippen LogP contribution in [0.4, 0.5) is 4.39 Å². The van der Waals surface area contributed by atoms with Gasteiger partial charge in [0.1, 0.15) is 10.8 Å². The molecule has 0 saturated heterocycles. The molecule has 2 aromatic carbocycles. The van der Waals surface area contributed by atoms with Gasteiger partial charge in [-0.3, -0.25) is 0 Å². The smallest absolute Gasteiger partial charge is 0.235 e. The van der Waals surface area contributed by atoms with E-state index in [2.05, 4.69) is 15.3 Å². The molecule has 0 unspecified atom stereocenters. The van der Waals surface area contributed by atoms with E-state index in [0.29, 0.717) is 22.3 Å². The van der Waals surface area contributed by atoms with Crippen LogP contribution in [0.1, 0.15) is 0 Å². The Morgan fingerprint density at radius 2 is 1.64 bits per heavy atom. The molecule has 0 saturated carbocycles. The van der Waals surface area contributed by atoms with Crippen molar-refractivity contribution in [1.29, 1.82) is 0 Å². The van der Waals surface area contributed by atoms with Crippen LogP contribution in [0.5, 0.6) is 11.5 Å². The minimum atomic E-state index is -0.280. The lowest BCUT2D eigenvalue weighted by molar-refractivity contribution is 0.355. The zero-order valence-electron chi connectivity index (χ0n) is 13.4. The van der Waals surface area contributed by atoms with Crippen LogP contribution in [-0.2, 0) is 0 Å². The van der Waals surface area contributed by atoms with Gasteiger partial charge in [-0.25, -0.2) is 4.39 Å². The van der Waals surface area contributed by atoms with E-state index in [1.165, 1.54) is 23.5 Å². The summed E-state index contributed by atoms with van der Waals surface area (Å²) in [5.41, 5.74) is 1.64. The van der Waals surface area contributed by atoms with Crippen LogP contribution in [0.25, 0.3) is 26.9 Å². The maximum absolute atomic E-state index is 13.1. The van der Waals surface area contributed by atoms with Gasteiger partial charge in [-0.1, -0.05) is 11.3 Å². The Balaban J connectivity index is 1.80. The second kappa shape index (κ2) is 6.14. The molecule has 4 rings (SSSR count). The summed E-state index contributed by atoms with van der Waals surface area (Å²) in [6, 6.07) is 11.7. The minimum Gasteiger partial charge on any atom is -0.493 e. The first kappa shape index (κ1) is 15.5. The van der Waals surface area contributed by atoms with E-state index < -0.39 is 0 Å². The third kappa shape index (κ3) is 2.70. The average molecular weight is 356 g/mol. The number of nitrogens with zero attached hydrogens (tertiary/aromatic N) is 4. The summed E-state index contributed by atoms with van der Waals surface area (Å²) < 4.78 is 25.4. The van der Waals surface area contributed by atoms with E-state index in [9.17, 15) is 4.39 Å². The van der Waals surface area contributed by atoms with Gasteiger partial charge in [0.25, 0.3) is 0 Å². The number of hydrogen-bond acceptors (Lipinski definition) is 6. The Morgan fingerprint density at radius 1 is 0.920 bits per heavy atom. The molecule has 0 aliphatic carbocycles. The van der Waals surface area contributed by atoms with Crippen molar-refractivity contribution in [1.82, 2.24) is 19.8 Å². The number of ether oxygens (including phenoxy) is 2. The number of hydrogen-bond donors (Lipinski definition) is 0. The Labute approximate surface area is 146 Å². The average Bonchev–Trinajstić information content (AvgIpc) is 3.22. The maximum atomic E-state index is 13.1. The lowest BCUT2D eigenvalue weighted by Gasteiger charge is -2.08.